The highest BCUT2D eigenvalue weighted by Gasteiger charge is 2.29. The summed E-state index contributed by atoms with van der Waals surface area (Å²) in [6, 6.07) is 1.85. The SMILES string of the molecule is COC(=O)c1c(NC(=S)NC(Cn2cccn2)C(C)(C)C)sc(C(=O)N(C)C)c1C. The second-order valence-corrected chi connectivity index (χ2v) is 9.63. The van der Waals surface area contributed by atoms with E-state index < -0.39 is 5.97 Å². The Bertz CT molecular complexity index is 914. The van der Waals surface area contributed by atoms with Gasteiger partial charge in [0.2, 0.25) is 0 Å². The maximum atomic E-state index is 12.5. The van der Waals surface area contributed by atoms with Crippen molar-refractivity contribution in [3.8, 4) is 0 Å². The van der Waals surface area contributed by atoms with Crippen LogP contribution < -0.4 is 10.6 Å². The van der Waals surface area contributed by atoms with Crippen molar-refractivity contribution < 1.29 is 14.3 Å². The molecule has 1 atom stereocenters. The Morgan fingerprint density at radius 2 is 2.03 bits per heavy atom. The highest BCUT2D eigenvalue weighted by molar-refractivity contribution is 7.80. The van der Waals surface area contributed by atoms with Crippen molar-refractivity contribution in [3.05, 3.63) is 34.5 Å². The lowest BCUT2D eigenvalue weighted by atomic mass is 9.87. The summed E-state index contributed by atoms with van der Waals surface area (Å²) in [5, 5.41) is 11.5. The number of nitrogens with zero attached hydrogens (tertiary/aromatic N) is 3. The molecular formula is C20H29N5O3S2. The molecule has 0 aromatic carbocycles. The van der Waals surface area contributed by atoms with Gasteiger partial charge in [-0.25, -0.2) is 4.79 Å². The summed E-state index contributed by atoms with van der Waals surface area (Å²) < 4.78 is 6.77. The number of carbonyl (C=O) groups excluding carboxylic acids is 2. The Morgan fingerprint density at radius 1 is 1.37 bits per heavy atom. The average Bonchev–Trinajstić information content (AvgIpc) is 3.27. The molecule has 0 fully saturated rings. The van der Waals surface area contributed by atoms with Gasteiger partial charge in [0.05, 0.1) is 30.1 Å². The summed E-state index contributed by atoms with van der Waals surface area (Å²) in [6.07, 6.45) is 3.63. The number of methoxy groups -OCH3 is 1. The number of amides is 1. The first kappa shape index (κ1) is 23.8. The summed E-state index contributed by atoms with van der Waals surface area (Å²) >= 11 is 6.72. The molecule has 0 aliphatic carbocycles. The Balaban J connectivity index is 2.28. The number of nitrogens with one attached hydrogen (secondary N) is 2. The van der Waals surface area contributed by atoms with E-state index in [0.29, 0.717) is 32.7 Å². The van der Waals surface area contributed by atoms with E-state index in [1.165, 1.54) is 23.3 Å². The Hall–Kier alpha value is -2.46. The molecule has 2 aromatic heterocycles. The van der Waals surface area contributed by atoms with Gasteiger partial charge in [-0.3, -0.25) is 9.48 Å². The predicted molar refractivity (Wildman–Crippen MR) is 123 cm³/mol. The topological polar surface area (TPSA) is 88.5 Å². The van der Waals surface area contributed by atoms with E-state index in [2.05, 4.69) is 36.5 Å². The number of esters is 1. The van der Waals surface area contributed by atoms with Gasteiger partial charge in [-0.1, -0.05) is 20.8 Å². The highest BCUT2D eigenvalue weighted by atomic mass is 32.1. The van der Waals surface area contributed by atoms with E-state index in [0.717, 1.165) is 0 Å². The molecule has 2 rings (SSSR count). The molecule has 2 heterocycles. The second-order valence-electron chi connectivity index (χ2n) is 8.20. The standard InChI is InChI=1S/C20H29N5O3S2/c1-12-14(18(27)28-7)16(30-15(12)17(26)24(5)6)23-19(29)22-13(20(2,3)4)11-25-10-8-9-21-25/h8-10,13H,11H2,1-7H3,(H2,22,23,29). The predicted octanol–water partition coefficient (Wildman–Crippen LogP) is 3.14. The zero-order valence-electron chi connectivity index (χ0n) is 18.4. The Labute approximate surface area is 186 Å². The minimum Gasteiger partial charge on any atom is -0.465 e. The van der Waals surface area contributed by atoms with E-state index in [1.807, 2.05) is 16.9 Å². The molecule has 8 nitrogen and oxygen atoms in total. The Morgan fingerprint density at radius 3 is 2.53 bits per heavy atom. The fraction of sp³-hybridized carbons (Fsp3) is 0.500. The third-order valence-electron chi connectivity index (χ3n) is 4.64. The molecule has 10 heteroatoms. The summed E-state index contributed by atoms with van der Waals surface area (Å²) in [4.78, 5) is 26.8. The van der Waals surface area contributed by atoms with Gasteiger partial charge >= 0.3 is 5.97 Å². The van der Waals surface area contributed by atoms with Crippen molar-refractivity contribution in [2.45, 2.75) is 40.3 Å². The maximum Gasteiger partial charge on any atom is 0.341 e. The summed E-state index contributed by atoms with van der Waals surface area (Å²) in [5.74, 6) is -0.698. The van der Waals surface area contributed by atoms with E-state index in [9.17, 15) is 9.59 Å². The van der Waals surface area contributed by atoms with Crippen molar-refractivity contribution in [1.82, 2.24) is 20.0 Å². The van der Waals surface area contributed by atoms with Crippen molar-refractivity contribution in [2.24, 2.45) is 5.41 Å². The number of aromatic nitrogens is 2. The van der Waals surface area contributed by atoms with Gasteiger partial charge < -0.3 is 20.3 Å². The van der Waals surface area contributed by atoms with Crippen LogP contribution in [0.4, 0.5) is 5.00 Å². The number of anilines is 1. The van der Waals surface area contributed by atoms with Crippen LogP contribution in [-0.4, -0.2) is 58.9 Å². The van der Waals surface area contributed by atoms with Gasteiger partial charge in [0.25, 0.3) is 5.91 Å². The van der Waals surface area contributed by atoms with Crippen LogP contribution in [-0.2, 0) is 11.3 Å². The minimum absolute atomic E-state index is 0.0251. The molecule has 0 bridgehead atoms. The molecule has 0 aliphatic heterocycles. The van der Waals surface area contributed by atoms with E-state index in [-0.39, 0.29) is 17.4 Å². The lowest BCUT2D eigenvalue weighted by Crippen LogP contribution is -2.48. The molecular weight excluding hydrogens is 422 g/mol. The van der Waals surface area contributed by atoms with E-state index >= 15 is 0 Å². The van der Waals surface area contributed by atoms with Crippen LogP contribution in [0.25, 0.3) is 0 Å². The molecule has 0 saturated heterocycles. The smallest absolute Gasteiger partial charge is 0.341 e. The zero-order chi connectivity index (χ0) is 22.6. The van der Waals surface area contributed by atoms with Gasteiger partial charge in [-0.2, -0.15) is 5.10 Å². The summed E-state index contributed by atoms with van der Waals surface area (Å²) in [5.41, 5.74) is 0.774. The molecule has 2 aromatic rings. The number of hydrogen-bond acceptors (Lipinski definition) is 6. The third kappa shape index (κ3) is 5.57. The molecule has 0 radical (unpaired) electrons. The Kier molecular flexibility index (Phi) is 7.59. The average molecular weight is 452 g/mol. The number of thiophene rings is 1. The molecule has 2 N–H and O–H groups in total. The second kappa shape index (κ2) is 9.57. The summed E-state index contributed by atoms with van der Waals surface area (Å²) in [7, 11) is 4.65. The first-order chi connectivity index (χ1) is 14.0. The van der Waals surface area contributed by atoms with Crippen molar-refractivity contribution in [2.75, 3.05) is 26.5 Å². The van der Waals surface area contributed by atoms with Crippen LogP contribution in [0.2, 0.25) is 0 Å². The first-order valence-electron chi connectivity index (χ1n) is 9.44. The third-order valence-corrected chi connectivity index (χ3v) is 6.06. The monoisotopic (exact) mass is 451 g/mol. The molecule has 1 amide bonds. The minimum atomic E-state index is -0.518. The van der Waals surface area contributed by atoms with Gasteiger partial charge in [0, 0.05) is 26.5 Å². The quantitative estimate of drug-likeness (QED) is 0.515. The van der Waals surface area contributed by atoms with Crippen LogP contribution in [0.15, 0.2) is 18.5 Å². The molecule has 1 unspecified atom stereocenters. The van der Waals surface area contributed by atoms with Crippen molar-refractivity contribution in [1.29, 1.82) is 0 Å². The number of ether oxygens (including phenoxy) is 1. The molecule has 0 spiro atoms. The lowest BCUT2D eigenvalue weighted by molar-refractivity contribution is 0.0601. The molecule has 164 valence electrons. The zero-order valence-corrected chi connectivity index (χ0v) is 20.0. The number of rotatable bonds is 6. The number of carbonyl (C=O) groups is 2. The molecule has 0 saturated carbocycles. The molecule has 0 aliphatic rings. The van der Waals surface area contributed by atoms with Crippen LogP contribution in [0.5, 0.6) is 0 Å². The lowest BCUT2D eigenvalue weighted by Gasteiger charge is -2.32. The fourth-order valence-electron chi connectivity index (χ4n) is 2.79. The number of hydrogen-bond donors (Lipinski definition) is 2. The molecule has 30 heavy (non-hydrogen) atoms. The van der Waals surface area contributed by atoms with Gasteiger partial charge in [0.15, 0.2) is 5.11 Å². The fourth-order valence-corrected chi connectivity index (χ4v) is 4.32. The van der Waals surface area contributed by atoms with E-state index in [1.54, 1.807) is 27.2 Å². The van der Waals surface area contributed by atoms with Crippen LogP contribution in [0.1, 0.15) is 46.4 Å². The normalized spacial score (nSPS) is 12.2. The van der Waals surface area contributed by atoms with Crippen LogP contribution in [0, 0.1) is 12.3 Å². The van der Waals surface area contributed by atoms with E-state index in [4.69, 9.17) is 17.0 Å². The highest BCUT2D eigenvalue weighted by Crippen LogP contribution is 2.34. The summed E-state index contributed by atoms with van der Waals surface area (Å²) in [6.45, 7) is 8.69. The van der Waals surface area contributed by atoms with Crippen LogP contribution in [0.3, 0.4) is 0 Å². The van der Waals surface area contributed by atoms with Gasteiger partial charge in [0.1, 0.15) is 5.00 Å². The van der Waals surface area contributed by atoms with Gasteiger partial charge in [-0.15, -0.1) is 11.3 Å². The van der Waals surface area contributed by atoms with Crippen molar-refractivity contribution >= 4 is 45.5 Å². The van der Waals surface area contributed by atoms with Crippen molar-refractivity contribution in [3.63, 3.8) is 0 Å². The van der Waals surface area contributed by atoms with Gasteiger partial charge in [-0.05, 0) is 36.2 Å². The first-order valence-corrected chi connectivity index (χ1v) is 10.7. The largest absolute Gasteiger partial charge is 0.465 e. The maximum absolute atomic E-state index is 12.5. The van der Waals surface area contributed by atoms with Crippen LogP contribution >= 0.6 is 23.6 Å². The number of thiocarbonyl (C=S) groups is 1.